The van der Waals surface area contributed by atoms with Crippen LogP contribution in [-0.4, -0.2) is 32.5 Å². The Morgan fingerprint density at radius 2 is 1.79 bits per heavy atom. The highest BCUT2D eigenvalue weighted by Gasteiger charge is 2.18. The Bertz CT molecular complexity index is 1540. The van der Waals surface area contributed by atoms with Crippen LogP contribution < -0.4 is 10.1 Å². The summed E-state index contributed by atoms with van der Waals surface area (Å²) >= 11 is 0. The van der Waals surface area contributed by atoms with Crippen molar-refractivity contribution in [2.75, 3.05) is 12.4 Å². The van der Waals surface area contributed by atoms with Crippen molar-refractivity contribution >= 4 is 50.4 Å². The lowest BCUT2D eigenvalue weighted by Gasteiger charge is -2.09. The van der Waals surface area contributed by atoms with Crippen molar-refractivity contribution in [3.63, 3.8) is 0 Å². The highest BCUT2D eigenvalue weighted by Crippen LogP contribution is 2.30. The van der Waals surface area contributed by atoms with Crippen LogP contribution in [0, 0.1) is 10.1 Å². The Morgan fingerprint density at radius 3 is 2.55 bits per heavy atom. The molecule has 33 heavy (non-hydrogen) atoms. The molecule has 0 aliphatic heterocycles. The number of benzene rings is 3. The van der Waals surface area contributed by atoms with Crippen LogP contribution in [0.2, 0.25) is 0 Å². The van der Waals surface area contributed by atoms with E-state index in [1.54, 1.807) is 6.07 Å². The summed E-state index contributed by atoms with van der Waals surface area (Å²) in [5, 5.41) is 14.9. The number of para-hydroxylation sites is 3. The number of rotatable bonds is 6. The second kappa shape index (κ2) is 8.19. The van der Waals surface area contributed by atoms with E-state index in [9.17, 15) is 14.9 Å². The predicted molar refractivity (Wildman–Crippen MR) is 125 cm³/mol. The van der Waals surface area contributed by atoms with Gasteiger partial charge in [0.05, 0.1) is 28.6 Å². The van der Waals surface area contributed by atoms with Gasteiger partial charge in [-0.1, -0.05) is 30.3 Å². The molecule has 0 bridgehead atoms. The lowest BCUT2D eigenvalue weighted by atomic mass is 10.2. The molecule has 0 atom stereocenters. The molecule has 1 N–H and O–H groups in total. The molecule has 2 heterocycles. The van der Waals surface area contributed by atoms with Gasteiger partial charge in [-0.2, -0.15) is 0 Å². The van der Waals surface area contributed by atoms with Crippen molar-refractivity contribution in [1.82, 2.24) is 14.5 Å². The van der Waals surface area contributed by atoms with E-state index < -0.39 is 4.92 Å². The SMILES string of the molecule is COc1ccc(NC(=O)CCn2c3ccccc3c3nc4ccccc4nc32)cc1[N+](=O)[O-]. The van der Waals surface area contributed by atoms with Crippen LogP contribution >= 0.6 is 0 Å². The first kappa shape index (κ1) is 20.4. The highest BCUT2D eigenvalue weighted by molar-refractivity contribution is 6.06. The van der Waals surface area contributed by atoms with Gasteiger partial charge in [-0.3, -0.25) is 14.9 Å². The zero-order chi connectivity index (χ0) is 22.9. The van der Waals surface area contributed by atoms with Crippen LogP contribution in [0.25, 0.3) is 33.1 Å². The summed E-state index contributed by atoms with van der Waals surface area (Å²) in [6.07, 6.45) is 0.155. The Hall–Kier alpha value is -4.53. The number of nitrogens with one attached hydrogen (secondary N) is 1. The Balaban J connectivity index is 1.44. The van der Waals surface area contributed by atoms with E-state index in [0.717, 1.165) is 27.5 Å². The van der Waals surface area contributed by atoms with Gasteiger partial charge in [0.15, 0.2) is 11.4 Å². The minimum absolute atomic E-state index is 0.133. The molecule has 164 valence electrons. The van der Waals surface area contributed by atoms with Crippen LogP contribution in [0.4, 0.5) is 11.4 Å². The summed E-state index contributed by atoms with van der Waals surface area (Å²) < 4.78 is 6.99. The molecular weight excluding hydrogens is 422 g/mol. The van der Waals surface area contributed by atoms with Crippen LogP contribution in [0.5, 0.6) is 5.75 Å². The second-order valence-electron chi connectivity index (χ2n) is 7.50. The maximum Gasteiger partial charge on any atom is 0.312 e. The number of amides is 1. The summed E-state index contributed by atoms with van der Waals surface area (Å²) in [5.74, 6) is -0.136. The van der Waals surface area contributed by atoms with Crippen molar-refractivity contribution in [3.05, 3.63) is 76.8 Å². The topological polar surface area (TPSA) is 112 Å². The number of nitrogens with zero attached hydrogens (tertiary/aromatic N) is 4. The molecule has 5 aromatic rings. The number of carbonyl (C=O) groups excluding carboxylic acids is 1. The number of ether oxygens (including phenoxy) is 1. The number of aryl methyl sites for hydroxylation is 1. The summed E-state index contributed by atoms with van der Waals surface area (Å²) in [6, 6.07) is 19.9. The smallest absolute Gasteiger partial charge is 0.312 e. The number of methoxy groups -OCH3 is 1. The third-order valence-electron chi connectivity index (χ3n) is 5.48. The molecule has 0 saturated carbocycles. The largest absolute Gasteiger partial charge is 0.490 e. The van der Waals surface area contributed by atoms with Gasteiger partial charge in [-0.05, 0) is 30.3 Å². The third kappa shape index (κ3) is 3.69. The summed E-state index contributed by atoms with van der Waals surface area (Å²) in [5.41, 5.74) is 4.16. The van der Waals surface area contributed by atoms with Gasteiger partial charge < -0.3 is 14.6 Å². The van der Waals surface area contributed by atoms with Gasteiger partial charge in [0.2, 0.25) is 5.91 Å². The lowest BCUT2D eigenvalue weighted by Crippen LogP contribution is -2.15. The van der Waals surface area contributed by atoms with E-state index in [2.05, 4.69) is 5.32 Å². The van der Waals surface area contributed by atoms with Crippen LogP contribution in [0.1, 0.15) is 6.42 Å². The van der Waals surface area contributed by atoms with Crippen LogP contribution in [0.3, 0.4) is 0 Å². The minimum Gasteiger partial charge on any atom is -0.490 e. The first-order valence-corrected chi connectivity index (χ1v) is 10.3. The second-order valence-corrected chi connectivity index (χ2v) is 7.50. The summed E-state index contributed by atoms with van der Waals surface area (Å²) in [6.45, 7) is 0.376. The maximum atomic E-state index is 12.7. The maximum absolute atomic E-state index is 12.7. The zero-order valence-corrected chi connectivity index (χ0v) is 17.7. The van der Waals surface area contributed by atoms with Crippen molar-refractivity contribution < 1.29 is 14.5 Å². The molecule has 0 aliphatic rings. The number of fused-ring (bicyclic) bond motifs is 4. The van der Waals surface area contributed by atoms with E-state index in [1.165, 1.54) is 19.2 Å². The number of anilines is 1. The molecular formula is C24H19N5O4. The summed E-state index contributed by atoms with van der Waals surface area (Å²) in [7, 11) is 1.36. The standard InChI is InChI=1S/C24H19N5O4/c1-33-21-11-10-15(14-20(21)29(31)32)25-22(30)12-13-28-19-9-5-2-6-16(19)23-24(28)27-18-8-4-3-7-17(18)26-23/h2-11,14H,12-13H2,1H3,(H,25,30). The minimum atomic E-state index is -0.546. The molecule has 0 fully saturated rings. The fourth-order valence-electron chi connectivity index (χ4n) is 3.96. The molecule has 5 rings (SSSR count). The molecule has 0 spiro atoms. The molecule has 2 aromatic heterocycles. The monoisotopic (exact) mass is 441 g/mol. The van der Waals surface area contributed by atoms with Gasteiger partial charge in [-0.15, -0.1) is 0 Å². The summed E-state index contributed by atoms with van der Waals surface area (Å²) in [4.78, 5) is 33.0. The zero-order valence-electron chi connectivity index (χ0n) is 17.7. The van der Waals surface area contributed by atoms with Gasteiger partial charge in [0.25, 0.3) is 0 Å². The number of nitro groups is 1. The highest BCUT2D eigenvalue weighted by atomic mass is 16.6. The van der Waals surface area contributed by atoms with Crippen molar-refractivity contribution in [2.24, 2.45) is 0 Å². The quantitative estimate of drug-likeness (QED) is 0.302. The van der Waals surface area contributed by atoms with Gasteiger partial charge in [-0.25, -0.2) is 9.97 Å². The van der Waals surface area contributed by atoms with Crippen molar-refractivity contribution in [1.29, 1.82) is 0 Å². The first-order valence-electron chi connectivity index (χ1n) is 10.3. The van der Waals surface area contributed by atoms with Crippen molar-refractivity contribution in [3.8, 4) is 5.75 Å². The fraction of sp³-hybridized carbons (Fsp3) is 0.125. The first-order chi connectivity index (χ1) is 16.0. The van der Waals surface area contributed by atoms with Gasteiger partial charge in [0, 0.05) is 30.1 Å². The molecule has 0 unspecified atom stereocenters. The molecule has 9 nitrogen and oxygen atoms in total. The fourth-order valence-corrected chi connectivity index (χ4v) is 3.96. The van der Waals surface area contributed by atoms with E-state index in [0.29, 0.717) is 17.9 Å². The lowest BCUT2D eigenvalue weighted by molar-refractivity contribution is -0.385. The molecule has 0 saturated heterocycles. The Kier molecular flexibility index (Phi) is 5.06. The van der Waals surface area contributed by atoms with E-state index in [-0.39, 0.29) is 23.8 Å². The predicted octanol–water partition coefficient (Wildman–Crippen LogP) is 4.68. The average molecular weight is 441 g/mol. The Labute approximate surface area is 187 Å². The van der Waals surface area contributed by atoms with Crippen LogP contribution in [-0.2, 0) is 11.3 Å². The number of hydrogen-bond donors (Lipinski definition) is 1. The van der Waals surface area contributed by atoms with Gasteiger partial charge in [0.1, 0.15) is 5.52 Å². The molecule has 9 heteroatoms. The molecule has 0 radical (unpaired) electrons. The van der Waals surface area contributed by atoms with Gasteiger partial charge >= 0.3 is 5.69 Å². The van der Waals surface area contributed by atoms with Crippen LogP contribution in [0.15, 0.2) is 66.7 Å². The Morgan fingerprint density at radius 1 is 1.06 bits per heavy atom. The number of nitro benzene ring substituents is 1. The van der Waals surface area contributed by atoms with Crippen molar-refractivity contribution in [2.45, 2.75) is 13.0 Å². The third-order valence-corrected chi connectivity index (χ3v) is 5.48. The number of carbonyl (C=O) groups is 1. The number of aromatic nitrogens is 3. The number of hydrogen-bond acceptors (Lipinski definition) is 6. The van der Waals surface area contributed by atoms with E-state index >= 15 is 0 Å². The normalized spacial score (nSPS) is 11.2. The van der Waals surface area contributed by atoms with E-state index in [4.69, 9.17) is 14.7 Å². The molecule has 1 amide bonds. The molecule has 0 aliphatic carbocycles. The molecule has 3 aromatic carbocycles. The average Bonchev–Trinajstić information content (AvgIpc) is 3.13. The van der Waals surface area contributed by atoms with E-state index in [1.807, 2.05) is 53.1 Å².